The van der Waals surface area contributed by atoms with Crippen LogP contribution in [0.1, 0.15) is 25.3 Å². The number of allylic oxidation sites excluding steroid dienone is 3. The molecule has 1 aliphatic heterocycles. The Labute approximate surface area is 145 Å². The molecule has 5 heteroatoms. The molecule has 130 valence electrons. The lowest BCUT2D eigenvalue weighted by molar-refractivity contribution is 0.474. The average molecular weight is 328 g/mol. The molecule has 0 spiro atoms. The Balaban J connectivity index is 2.11. The van der Waals surface area contributed by atoms with Crippen molar-refractivity contribution in [1.82, 2.24) is 5.32 Å². The summed E-state index contributed by atoms with van der Waals surface area (Å²) in [6.45, 7) is 3.03. The van der Waals surface area contributed by atoms with Crippen molar-refractivity contribution >= 4 is 17.1 Å². The molecule has 0 bridgehead atoms. The minimum absolute atomic E-state index is 0.272. The largest absolute Gasteiger partial charge is 0.506 e. The van der Waals surface area contributed by atoms with Crippen molar-refractivity contribution in [3.63, 3.8) is 0 Å². The van der Waals surface area contributed by atoms with Crippen molar-refractivity contribution in [2.45, 2.75) is 26.2 Å². The lowest BCUT2D eigenvalue weighted by Crippen LogP contribution is -2.25. The van der Waals surface area contributed by atoms with Crippen molar-refractivity contribution in [2.24, 2.45) is 5.10 Å². The van der Waals surface area contributed by atoms with Crippen molar-refractivity contribution < 1.29 is 5.11 Å². The fourth-order valence-corrected chi connectivity index (χ4v) is 2.87. The molecule has 0 amide bonds. The topological polar surface area (TPSA) is 51.1 Å². The van der Waals surface area contributed by atoms with Crippen molar-refractivity contribution in [2.75, 3.05) is 37.6 Å². The molecule has 0 radical (unpaired) electrons. The Morgan fingerprint density at radius 2 is 2.21 bits per heavy atom. The first kappa shape index (κ1) is 17.9. The number of benzene rings is 1. The van der Waals surface area contributed by atoms with Crippen LogP contribution in [0.15, 0.2) is 41.7 Å². The summed E-state index contributed by atoms with van der Waals surface area (Å²) < 4.78 is 0. The van der Waals surface area contributed by atoms with Gasteiger partial charge in [0, 0.05) is 51.6 Å². The van der Waals surface area contributed by atoms with Gasteiger partial charge in [0.2, 0.25) is 0 Å². The second-order valence-electron chi connectivity index (χ2n) is 6.13. The van der Waals surface area contributed by atoms with Crippen LogP contribution in [0, 0.1) is 0 Å². The van der Waals surface area contributed by atoms with Crippen LogP contribution in [0.25, 0.3) is 0 Å². The number of phenolic OH excluding ortho intramolecular Hbond substituents is 1. The molecule has 1 aromatic rings. The monoisotopic (exact) mass is 328 g/mol. The molecule has 5 nitrogen and oxygen atoms in total. The smallest absolute Gasteiger partial charge is 0.142 e. The van der Waals surface area contributed by atoms with E-state index in [0.717, 1.165) is 42.9 Å². The lowest BCUT2D eigenvalue weighted by atomic mass is 10.0. The van der Waals surface area contributed by atoms with E-state index in [1.54, 1.807) is 5.01 Å². The summed E-state index contributed by atoms with van der Waals surface area (Å²) in [7, 11) is 5.81. The van der Waals surface area contributed by atoms with E-state index in [1.165, 1.54) is 5.56 Å². The van der Waals surface area contributed by atoms with Crippen LogP contribution in [0.2, 0.25) is 0 Å². The van der Waals surface area contributed by atoms with Gasteiger partial charge in [-0.3, -0.25) is 5.01 Å². The van der Waals surface area contributed by atoms with Crippen molar-refractivity contribution in [3.05, 3.63) is 42.1 Å². The molecular formula is C19H28N4O. The zero-order valence-electron chi connectivity index (χ0n) is 15.1. The van der Waals surface area contributed by atoms with Gasteiger partial charge >= 0.3 is 0 Å². The van der Waals surface area contributed by atoms with E-state index in [-0.39, 0.29) is 5.75 Å². The molecule has 1 aromatic carbocycles. The first-order valence-electron chi connectivity index (χ1n) is 8.36. The maximum absolute atomic E-state index is 10.4. The second kappa shape index (κ2) is 8.43. The average Bonchev–Trinajstić information content (AvgIpc) is 2.55. The molecule has 24 heavy (non-hydrogen) atoms. The molecule has 0 fully saturated rings. The molecule has 2 N–H and O–H groups in total. The van der Waals surface area contributed by atoms with Gasteiger partial charge in [-0.15, -0.1) is 0 Å². The highest BCUT2D eigenvalue weighted by Gasteiger charge is 2.18. The molecule has 0 aromatic heterocycles. The maximum Gasteiger partial charge on any atom is 0.142 e. The van der Waals surface area contributed by atoms with E-state index in [4.69, 9.17) is 0 Å². The summed E-state index contributed by atoms with van der Waals surface area (Å²) in [6, 6.07) is 3.91. The van der Waals surface area contributed by atoms with Gasteiger partial charge in [0.25, 0.3) is 0 Å². The fourth-order valence-electron chi connectivity index (χ4n) is 2.87. The number of fused-ring (bicyclic) bond motifs is 1. The molecule has 0 unspecified atom stereocenters. The molecule has 0 atom stereocenters. The quantitative estimate of drug-likeness (QED) is 0.478. The molecule has 0 saturated carbocycles. The predicted molar refractivity (Wildman–Crippen MR) is 103 cm³/mol. The Morgan fingerprint density at radius 3 is 2.96 bits per heavy atom. The third-order valence-electron chi connectivity index (χ3n) is 4.12. The Morgan fingerprint density at radius 1 is 1.42 bits per heavy atom. The highest BCUT2D eigenvalue weighted by atomic mass is 16.3. The molecule has 0 aliphatic carbocycles. The van der Waals surface area contributed by atoms with Gasteiger partial charge in [-0.1, -0.05) is 12.2 Å². The molecular weight excluding hydrogens is 300 g/mol. The Hall–Kier alpha value is -2.43. The van der Waals surface area contributed by atoms with E-state index >= 15 is 0 Å². The summed E-state index contributed by atoms with van der Waals surface area (Å²) in [5.41, 5.74) is 4.13. The normalized spacial score (nSPS) is 15.2. The van der Waals surface area contributed by atoms with Crippen LogP contribution >= 0.6 is 0 Å². The molecule has 1 heterocycles. The molecule has 1 aliphatic rings. The molecule has 2 rings (SSSR count). The number of aromatic hydroxyl groups is 1. The second-order valence-corrected chi connectivity index (χ2v) is 6.13. The summed E-state index contributed by atoms with van der Waals surface area (Å²) in [6.07, 6.45) is 10.8. The van der Waals surface area contributed by atoms with Gasteiger partial charge in [0.15, 0.2) is 0 Å². The molecule has 0 saturated heterocycles. The maximum atomic E-state index is 10.4. The fraction of sp³-hybridized carbons (Fsp3) is 0.421. The number of hydrazone groups is 1. The van der Waals surface area contributed by atoms with E-state index in [9.17, 15) is 5.11 Å². The van der Waals surface area contributed by atoms with E-state index < -0.39 is 0 Å². The minimum atomic E-state index is 0.272. The Kier molecular flexibility index (Phi) is 6.29. The zero-order valence-corrected chi connectivity index (χ0v) is 15.1. The number of rotatable bonds is 6. The minimum Gasteiger partial charge on any atom is -0.506 e. The van der Waals surface area contributed by atoms with Gasteiger partial charge in [-0.2, -0.15) is 5.10 Å². The SMILES string of the molecule is CN/C=C\C=C/C/C(C)=N/N(C)c1cc2c(cc1O)N(C)CCC2. The summed E-state index contributed by atoms with van der Waals surface area (Å²) in [5.74, 6) is 0.272. The standard InChI is InChI=1S/C19H28N4O/c1-15(9-6-5-7-11-20-2)21-23(4)18-13-16-10-8-12-22(3)17(16)14-19(18)24/h5-7,11,13-14,20,24H,8-10,12H2,1-4H3/b6-5-,11-7-,21-15+. The van der Waals surface area contributed by atoms with Crippen LogP contribution in [-0.2, 0) is 6.42 Å². The van der Waals surface area contributed by atoms with Crippen LogP contribution in [0.4, 0.5) is 11.4 Å². The van der Waals surface area contributed by atoms with Gasteiger partial charge in [0.05, 0.1) is 0 Å². The van der Waals surface area contributed by atoms with Crippen molar-refractivity contribution in [3.8, 4) is 5.75 Å². The predicted octanol–water partition coefficient (Wildman–Crippen LogP) is 3.27. The zero-order chi connectivity index (χ0) is 17.5. The highest BCUT2D eigenvalue weighted by molar-refractivity contribution is 5.84. The van der Waals surface area contributed by atoms with Gasteiger partial charge in [0.1, 0.15) is 11.4 Å². The number of hydrogen-bond donors (Lipinski definition) is 2. The number of anilines is 2. The first-order valence-corrected chi connectivity index (χ1v) is 8.36. The summed E-state index contributed by atoms with van der Waals surface area (Å²) in [5, 5.41) is 19.7. The van der Waals surface area contributed by atoms with Crippen LogP contribution in [-0.4, -0.2) is 38.5 Å². The van der Waals surface area contributed by atoms with E-state index in [1.807, 2.05) is 45.4 Å². The highest BCUT2D eigenvalue weighted by Crippen LogP contribution is 2.37. The van der Waals surface area contributed by atoms with E-state index in [2.05, 4.69) is 34.5 Å². The van der Waals surface area contributed by atoms with Crippen molar-refractivity contribution in [1.29, 1.82) is 0 Å². The summed E-state index contributed by atoms with van der Waals surface area (Å²) >= 11 is 0. The van der Waals surface area contributed by atoms with Gasteiger partial charge < -0.3 is 15.3 Å². The number of hydrogen-bond acceptors (Lipinski definition) is 5. The Bertz CT molecular complexity index is 649. The first-order chi connectivity index (χ1) is 11.5. The van der Waals surface area contributed by atoms with Crippen LogP contribution in [0.5, 0.6) is 5.75 Å². The number of nitrogens with zero attached hydrogens (tertiary/aromatic N) is 3. The van der Waals surface area contributed by atoms with Gasteiger partial charge in [-0.25, -0.2) is 0 Å². The lowest BCUT2D eigenvalue weighted by Gasteiger charge is -2.29. The van der Waals surface area contributed by atoms with Gasteiger partial charge in [-0.05, 0) is 43.7 Å². The van der Waals surface area contributed by atoms with Crippen LogP contribution < -0.4 is 15.2 Å². The third kappa shape index (κ3) is 4.54. The number of nitrogens with one attached hydrogen (secondary N) is 1. The summed E-state index contributed by atoms with van der Waals surface area (Å²) in [4.78, 5) is 2.19. The number of phenols is 1. The van der Waals surface area contributed by atoms with Crippen LogP contribution in [0.3, 0.4) is 0 Å². The van der Waals surface area contributed by atoms with E-state index in [0.29, 0.717) is 0 Å². The number of aryl methyl sites for hydroxylation is 1. The third-order valence-corrected chi connectivity index (χ3v) is 4.12.